The molecule has 0 radical (unpaired) electrons. The zero-order chi connectivity index (χ0) is 32.9. The second-order valence-electron chi connectivity index (χ2n) is 10.3. The number of unbranched alkanes of at least 4 members (excludes halogenated alkanes) is 1. The first-order valence-corrected chi connectivity index (χ1v) is 15.7. The smallest absolute Gasteiger partial charge is 0.333 e. The Kier molecular flexibility index (Phi) is 12.4. The van der Waals surface area contributed by atoms with Crippen LogP contribution < -0.4 is 4.90 Å². The van der Waals surface area contributed by atoms with Crippen LogP contribution >= 0.6 is 11.3 Å². The van der Waals surface area contributed by atoms with Gasteiger partial charge in [0.15, 0.2) is 5.82 Å². The van der Waals surface area contributed by atoms with E-state index >= 15 is 0 Å². The quantitative estimate of drug-likeness (QED) is 0.0524. The van der Waals surface area contributed by atoms with Crippen molar-refractivity contribution in [1.29, 1.82) is 0 Å². The first kappa shape index (κ1) is 33.9. The molecule has 238 valence electrons. The fourth-order valence-corrected chi connectivity index (χ4v) is 5.43. The van der Waals surface area contributed by atoms with Crippen molar-refractivity contribution in [3.05, 3.63) is 102 Å². The van der Waals surface area contributed by atoms with Crippen LogP contribution in [0.15, 0.2) is 112 Å². The third kappa shape index (κ3) is 10.00. The standard InChI is InChI=1S/C35H36FN5O4S/c1-5-34(42)44-20-18-41(6-2)29-14-10-26(11-15-29)37-40-32-16-12-28(23-31(32)36)39-38-27-13-17-33-25(21-27)22-30(46-33)9-7-8-19-45-35(43)24(3)4/h5,10-17,21-23H,1,3,6-9,18-20H2,2,4H3/b39-38+,40-37+. The monoisotopic (exact) mass is 641 g/mol. The van der Waals surface area contributed by atoms with E-state index in [0.29, 0.717) is 35.8 Å². The molecule has 11 heteroatoms. The van der Waals surface area contributed by atoms with E-state index in [4.69, 9.17) is 9.47 Å². The highest BCUT2D eigenvalue weighted by Gasteiger charge is 2.08. The minimum atomic E-state index is -0.560. The number of likely N-dealkylation sites (N-methyl/N-ethyl adjacent to an activating group) is 1. The van der Waals surface area contributed by atoms with E-state index in [1.807, 2.05) is 37.3 Å². The molecule has 4 aromatic rings. The van der Waals surface area contributed by atoms with E-state index in [-0.39, 0.29) is 18.3 Å². The molecule has 0 atom stereocenters. The lowest BCUT2D eigenvalue weighted by Crippen LogP contribution is -2.27. The minimum absolute atomic E-state index is 0.0865. The molecule has 9 nitrogen and oxygen atoms in total. The summed E-state index contributed by atoms with van der Waals surface area (Å²) in [7, 11) is 0. The van der Waals surface area contributed by atoms with Crippen LogP contribution in [0, 0.1) is 5.82 Å². The predicted octanol–water partition coefficient (Wildman–Crippen LogP) is 9.87. The Balaban J connectivity index is 1.31. The van der Waals surface area contributed by atoms with Crippen molar-refractivity contribution in [3.8, 4) is 0 Å². The van der Waals surface area contributed by atoms with Crippen LogP contribution in [-0.2, 0) is 25.5 Å². The number of anilines is 1. The Morgan fingerprint density at radius 2 is 1.59 bits per heavy atom. The molecule has 0 spiro atoms. The fourth-order valence-electron chi connectivity index (χ4n) is 4.34. The van der Waals surface area contributed by atoms with Gasteiger partial charge in [0.2, 0.25) is 0 Å². The summed E-state index contributed by atoms with van der Waals surface area (Å²) in [4.78, 5) is 26.0. The van der Waals surface area contributed by atoms with Gasteiger partial charge < -0.3 is 14.4 Å². The number of fused-ring (bicyclic) bond motifs is 1. The maximum Gasteiger partial charge on any atom is 0.333 e. The number of rotatable bonds is 16. The number of esters is 2. The van der Waals surface area contributed by atoms with Crippen LogP contribution in [0.4, 0.5) is 32.8 Å². The Bertz CT molecular complexity index is 1750. The summed E-state index contributed by atoms with van der Waals surface area (Å²) in [6.45, 7) is 12.5. The van der Waals surface area contributed by atoms with Crippen molar-refractivity contribution < 1.29 is 23.5 Å². The average Bonchev–Trinajstić information content (AvgIpc) is 3.47. The normalized spacial score (nSPS) is 11.3. The Morgan fingerprint density at radius 1 is 0.891 bits per heavy atom. The van der Waals surface area contributed by atoms with E-state index in [1.165, 1.54) is 17.0 Å². The molecule has 0 N–H and O–H groups in total. The van der Waals surface area contributed by atoms with Gasteiger partial charge in [-0.15, -0.1) is 16.5 Å². The van der Waals surface area contributed by atoms with Crippen LogP contribution in [0.25, 0.3) is 10.1 Å². The van der Waals surface area contributed by atoms with Crippen LogP contribution in [0.5, 0.6) is 0 Å². The molecule has 1 heterocycles. The average molecular weight is 642 g/mol. The number of hydrogen-bond acceptors (Lipinski definition) is 10. The summed E-state index contributed by atoms with van der Waals surface area (Å²) >= 11 is 1.72. The number of thiophene rings is 1. The molecule has 0 fully saturated rings. The van der Waals surface area contributed by atoms with Crippen molar-refractivity contribution >= 4 is 61.8 Å². The van der Waals surface area contributed by atoms with E-state index in [1.54, 1.807) is 36.5 Å². The molecule has 46 heavy (non-hydrogen) atoms. The molecule has 0 unspecified atom stereocenters. The second-order valence-corrected chi connectivity index (χ2v) is 11.5. The Morgan fingerprint density at radius 3 is 2.28 bits per heavy atom. The summed E-state index contributed by atoms with van der Waals surface area (Å²) < 4.78 is 26.2. The third-order valence-electron chi connectivity index (χ3n) is 6.80. The molecule has 0 amide bonds. The van der Waals surface area contributed by atoms with E-state index in [0.717, 1.165) is 47.7 Å². The molecule has 0 aliphatic carbocycles. The van der Waals surface area contributed by atoms with Gasteiger partial charge in [-0.1, -0.05) is 13.2 Å². The topological polar surface area (TPSA) is 105 Å². The predicted molar refractivity (Wildman–Crippen MR) is 181 cm³/mol. The highest BCUT2D eigenvalue weighted by molar-refractivity contribution is 7.19. The summed E-state index contributed by atoms with van der Waals surface area (Å²) in [6, 6.07) is 19.7. The summed E-state index contributed by atoms with van der Waals surface area (Å²) in [5.74, 6) is -1.36. The molecule has 0 saturated carbocycles. The number of carbonyl (C=O) groups excluding carboxylic acids is 2. The number of aryl methyl sites for hydroxylation is 1. The third-order valence-corrected chi connectivity index (χ3v) is 7.98. The number of carbonyl (C=O) groups is 2. The van der Waals surface area contributed by atoms with Gasteiger partial charge in [0.05, 0.1) is 30.2 Å². The van der Waals surface area contributed by atoms with Crippen LogP contribution in [0.2, 0.25) is 0 Å². The fraction of sp³-hybridized carbons (Fsp3) is 0.257. The van der Waals surface area contributed by atoms with E-state index in [2.05, 4.69) is 44.6 Å². The molecular formula is C35H36FN5O4S. The van der Waals surface area contributed by atoms with Crippen molar-refractivity contribution in [3.63, 3.8) is 0 Å². The highest BCUT2D eigenvalue weighted by atomic mass is 32.1. The van der Waals surface area contributed by atoms with Crippen LogP contribution in [0.3, 0.4) is 0 Å². The maximum absolute atomic E-state index is 14.8. The molecule has 0 saturated heterocycles. The van der Waals surface area contributed by atoms with Gasteiger partial charge in [-0.05, 0) is 99.2 Å². The number of hydrogen-bond donors (Lipinski definition) is 0. The highest BCUT2D eigenvalue weighted by Crippen LogP contribution is 2.32. The van der Waals surface area contributed by atoms with Gasteiger partial charge in [-0.25, -0.2) is 14.0 Å². The van der Waals surface area contributed by atoms with Gasteiger partial charge in [0.1, 0.15) is 12.3 Å². The van der Waals surface area contributed by atoms with Crippen molar-refractivity contribution in [1.82, 2.24) is 0 Å². The molecule has 0 aliphatic heterocycles. The lowest BCUT2D eigenvalue weighted by Gasteiger charge is -2.22. The number of benzene rings is 3. The van der Waals surface area contributed by atoms with Gasteiger partial charge in [-0.2, -0.15) is 15.3 Å². The maximum atomic E-state index is 14.8. The van der Waals surface area contributed by atoms with Crippen LogP contribution in [0.1, 0.15) is 31.6 Å². The molecule has 3 aromatic carbocycles. The Hall–Kier alpha value is -5.03. The largest absolute Gasteiger partial charge is 0.462 e. The SMILES string of the molecule is C=CC(=O)OCCN(CC)c1ccc(/N=N/c2ccc(/N=N/c3ccc4sc(CCCCOC(=O)C(=C)C)cc4c3)cc2F)cc1. The van der Waals surface area contributed by atoms with Gasteiger partial charge in [0.25, 0.3) is 0 Å². The minimum Gasteiger partial charge on any atom is -0.462 e. The number of ether oxygens (including phenoxy) is 2. The van der Waals surface area contributed by atoms with Gasteiger partial charge in [0, 0.05) is 39.5 Å². The summed E-state index contributed by atoms with van der Waals surface area (Å²) in [5.41, 5.74) is 3.02. The van der Waals surface area contributed by atoms with Crippen molar-refractivity contribution in [2.24, 2.45) is 20.5 Å². The van der Waals surface area contributed by atoms with Gasteiger partial charge in [-0.3, -0.25) is 0 Å². The number of azo groups is 2. The first-order valence-electron chi connectivity index (χ1n) is 14.9. The molecular weight excluding hydrogens is 605 g/mol. The molecule has 0 bridgehead atoms. The summed E-state index contributed by atoms with van der Waals surface area (Å²) in [6.07, 6.45) is 3.72. The number of nitrogens with zero attached hydrogens (tertiary/aromatic N) is 5. The van der Waals surface area contributed by atoms with Crippen molar-refractivity contribution in [2.75, 3.05) is 31.2 Å². The van der Waals surface area contributed by atoms with E-state index < -0.39 is 11.8 Å². The lowest BCUT2D eigenvalue weighted by atomic mass is 10.2. The zero-order valence-corrected chi connectivity index (χ0v) is 26.8. The van der Waals surface area contributed by atoms with Crippen LogP contribution in [-0.4, -0.2) is 38.2 Å². The first-order chi connectivity index (χ1) is 22.2. The molecule has 4 rings (SSSR count). The van der Waals surface area contributed by atoms with Crippen molar-refractivity contribution in [2.45, 2.75) is 33.1 Å². The summed E-state index contributed by atoms with van der Waals surface area (Å²) in [5, 5.41) is 17.8. The lowest BCUT2D eigenvalue weighted by molar-refractivity contribution is -0.139. The number of halogens is 1. The Labute approximate surface area is 271 Å². The molecule has 1 aromatic heterocycles. The van der Waals surface area contributed by atoms with Gasteiger partial charge >= 0.3 is 11.9 Å². The second kappa shape index (κ2) is 16.9. The van der Waals surface area contributed by atoms with E-state index in [9.17, 15) is 14.0 Å². The molecule has 0 aliphatic rings. The zero-order valence-electron chi connectivity index (χ0n) is 25.9.